The average molecular weight is 270 g/mol. The number of likely N-dealkylation sites (tertiary alicyclic amines) is 1. The Bertz CT molecular complexity index is 585. The lowest BCUT2D eigenvalue weighted by atomic mass is 10.2. The Morgan fingerprint density at radius 3 is 2.75 bits per heavy atom. The van der Waals surface area contributed by atoms with Crippen molar-refractivity contribution in [2.45, 2.75) is 39.3 Å². The van der Waals surface area contributed by atoms with Crippen molar-refractivity contribution >= 4 is 0 Å². The summed E-state index contributed by atoms with van der Waals surface area (Å²) in [5, 5.41) is 0. The van der Waals surface area contributed by atoms with Gasteiger partial charge in [0.25, 0.3) is 0 Å². The molecule has 1 aliphatic rings. The third kappa shape index (κ3) is 2.61. The highest BCUT2D eigenvalue weighted by Gasteiger charge is 2.29. The molecule has 1 fully saturated rings. The summed E-state index contributed by atoms with van der Waals surface area (Å²) >= 11 is 0. The Balaban J connectivity index is 1.79. The van der Waals surface area contributed by atoms with Gasteiger partial charge in [-0.05, 0) is 44.9 Å². The van der Waals surface area contributed by atoms with Crippen LogP contribution in [0.5, 0.6) is 0 Å². The van der Waals surface area contributed by atoms with Crippen LogP contribution in [0, 0.1) is 13.8 Å². The van der Waals surface area contributed by atoms with Crippen LogP contribution in [0.4, 0.5) is 0 Å². The third-order valence-corrected chi connectivity index (χ3v) is 4.05. The SMILES string of the molecule is Cc1ccc(CN2CCCC2c2nc(C)cn2C)cn1. The topological polar surface area (TPSA) is 34.0 Å². The molecular weight excluding hydrogens is 248 g/mol. The summed E-state index contributed by atoms with van der Waals surface area (Å²) in [6, 6.07) is 4.71. The van der Waals surface area contributed by atoms with Crippen LogP contribution in [0.15, 0.2) is 24.5 Å². The molecule has 4 nitrogen and oxygen atoms in total. The maximum Gasteiger partial charge on any atom is 0.126 e. The van der Waals surface area contributed by atoms with Crippen LogP contribution < -0.4 is 0 Å². The first-order chi connectivity index (χ1) is 9.63. The van der Waals surface area contributed by atoms with Gasteiger partial charge in [-0.1, -0.05) is 6.07 Å². The summed E-state index contributed by atoms with van der Waals surface area (Å²) in [4.78, 5) is 11.6. The van der Waals surface area contributed by atoms with Crippen molar-refractivity contribution in [3.8, 4) is 0 Å². The number of nitrogens with zero attached hydrogens (tertiary/aromatic N) is 4. The minimum absolute atomic E-state index is 0.440. The van der Waals surface area contributed by atoms with Crippen molar-refractivity contribution in [2.24, 2.45) is 7.05 Å². The zero-order chi connectivity index (χ0) is 14.1. The predicted octanol–water partition coefficient (Wildman–Crippen LogP) is 2.77. The van der Waals surface area contributed by atoms with E-state index >= 15 is 0 Å². The normalized spacial score (nSPS) is 19.6. The standard InChI is InChI=1S/C16H22N4/c1-12-6-7-14(9-17-12)11-20-8-4-5-15(20)16-18-13(2)10-19(16)3/h6-7,9-10,15H,4-5,8,11H2,1-3H3. The van der Waals surface area contributed by atoms with Crippen molar-refractivity contribution < 1.29 is 0 Å². The van der Waals surface area contributed by atoms with Gasteiger partial charge in [0.05, 0.1) is 11.7 Å². The lowest BCUT2D eigenvalue weighted by Gasteiger charge is -2.24. The fourth-order valence-electron chi connectivity index (χ4n) is 3.08. The number of aromatic nitrogens is 3. The van der Waals surface area contributed by atoms with Crippen molar-refractivity contribution in [3.05, 3.63) is 47.3 Å². The van der Waals surface area contributed by atoms with E-state index in [0.29, 0.717) is 6.04 Å². The van der Waals surface area contributed by atoms with Crippen LogP contribution in [-0.2, 0) is 13.6 Å². The Morgan fingerprint density at radius 2 is 2.10 bits per heavy atom. The second-order valence-electron chi connectivity index (χ2n) is 5.79. The Kier molecular flexibility index (Phi) is 3.57. The summed E-state index contributed by atoms with van der Waals surface area (Å²) in [5.41, 5.74) is 3.46. The van der Waals surface area contributed by atoms with E-state index in [-0.39, 0.29) is 0 Å². The first kappa shape index (κ1) is 13.3. The Hall–Kier alpha value is -1.68. The van der Waals surface area contributed by atoms with Gasteiger partial charge < -0.3 is 4.57 Å². The van der Waals surface area contributed by atoms with Gasteiger partial charge in [0, 0.05) is 31.7 Å². The first-order valence-corrected chi connectivity index (χ1v) is 7.29. The zero-order valence-corrected chi connectivity index (χ0v) is 12.5. The molecule has 106 valence electrons. The van der Waals surface area contributed by atoms with Gasteiger partial charge in [0.1, 0.15) is 5.82 Å². The van der Waals surface area contributed by atoms with E-state index in [4.69, 9.17) is 4.98 Å². The number of pyridine rings is 1. The summed E-state index contributed by atoms with van der Waals surface area (Å²) in [6.07, 6.45) is 6.55. The van der Waals surface area contributed by atoms with E-state index in [0.717, 1.165) is 24.5 Å². The highest BCUT2D eigenvalue weighted by molar-refractivity contribution is 5.14. The monoisotopic (exact) mass is 270 g/mol. The Labute approximate surface area is 120 Å². The molecule has 1 unspecified atom stereocenters. The summed E-state index contributed by atoms with van der Waals surface area (Å²) < 4.78 is 2.17. The highest BCUT2D eigenvalue weighted by atomic mass is 15.2. The average Bonchev–Trinajstić information content (AvgIpc) is 2.98. The molecule has 0 aromatic carbocycles. The van der Waals surface area contributed by atoms with E-state index in [1.807, 2.05) is 13.1 Å². The molecule has 0 amide bonds. The molecule has 0 aliphatic carbocycles. The zero-order valence-electron chi connectivity index (χ0n) is 12.5. The smallest absolute Gasteiger partial charge is 0.126 e. The third-order valence-electron chi connectivity index (χ3n) is 4.05. The van der Waals surface area contributed by atoms with Crippen LogP contribution in [0.25, 0.3) is 0 Å². The van der Waals surface area contributed by atoms with Crippen molar-refractivity contribution in [2.75, 3.05) is 6.54 Å². The number of rotatable bonds is 3. The van der Waals surface area contributed by atoms with Gasteiger partial charge in [-0.15, -0.1) is 0 Å². The minimum Gasteiger partial charge on any atom is -0.336 e. The van der Waals surface area contributed by atoms with Crippen LogP contribution >= 0.6 is 0 Å². The van der Waals surface area contributed by atoms with Gasteiger partial charge in [0.2, 0.25) is 0 Å². The van der Waals surface area contributed by atoms with Gasteiger partial charge in [0.15, 0.2) is 0 Å². The van der Waals surface area contributed by atoms with Crippen LogP contribution in [-0.4, -0.2) is 26.0 Å². The number of hydrogen-bond donors (Lipinski definition) is 0. The molecule has 0 saturated carbocycles. The molecule has 2 aromatic heterocycles. The summed E-state index contributed by atoms with van der Waals surface area (Å²) in [6.45, 7) is 6.19. The second kappa shape index (κ2) is 5.37. The molecule has 1 aliphatic heterocycles. The minimum atomic E-state index is 0.440. The summed E-state index contributed by atoms with van der Waals surface area (Å²) in [5.74, 6) is 1.19. The van der Waals surface area contributed by atoms with Gasteiger partial charge in [-0.2, -0.15) is 0 Å². The quantitative estimate of drug-likeness (QED) is 0.860. The van der Waals surface area contributed by atoms with Gasteiger partial charge >= 0.3 is 0 Å². The van der Waals surface area contributed by atoms with Crippen molar-refractivity contribution in [1.29, 1.82) is 0 Å². The lowest BCUT2D eigenvalue weighted by molar-refractivity contribution is 0.236. The maximum absolute atomic E-state index is 4.70. The van der Waals surface area contributed by atoms with E-state index in [9.17, 15) is 0 Å². The van der Waals surface area contributed by atoms with Crippen LogP contribution in [0.3, 0.4) is 0 Å². The molecule has 4 heteroatoms. The molecule has 0 N–H and O–H groups in total. The highest BCUT2D eigenvalue weighted by Crippen LogP contribution is 2.32. The fraction of sp³-hybridized carbons (Fsp3) is 0.500. The molecule has 0 bridgehead atoms. The van der Waals surface area contributed by atoms with E-state index in [2.05, 4.69) is 46.8 Å². The Morgan fingerprint density at radius 1 is 1.25 bits per heavy atom. The van der Waals surface area contributed by atoms with Crippen molar-refractivity contribution in [3.63, 3.8) is 0 Å². The largest absolute Gasteiger partial charge is 0.336 e. The van der Waals surface area contributed by atoms with E-state index in [1.54, 1.807) is 0 Å². The van der Waals surface area contributed by atoms with E-state index in [1.165, 1.54) is 24.2 Å². The van der Waals surface area contributed by atoms with Gasteiger partial charge in [-0.3, -0.25) is 9.88 Å². The predicted molar refractivity (Wildman–Crippen MR) is 79.3 cm³/mol. The molecule has 0 spiro atoms. The molecule has 20 heavy (non-hydrogen) atoms. The fourth-order valence-corrected chi connectivity index (χ4v) is 3.08. The number of imidazole rings is 1. The molecule has 0 radical (unpaired) electrons. The number of hydrogen-bond acceptors (Lipinski definition) is 3. The molecule has 3 heterocycles. The summed E-state index contributed by atoms with van der Waals surface area (Å²) in [7, 11) is 2.10. The molecule has 2 aromatic rings. The second-order valence-corrected chi connectivity index (χ2v) is 5.79. The number of aryl methyl sites for hydroxylation is 3. The molecular formula is C16H22N4. The molecule has 1 saturated heterocycles. The molecule has 1 atom stereocenters. The van der Waals surface area contributed by atoms with Crippen LogP contribution in [0.2, 0.25) is 0 Å². The van der Waals surface area contributed by atoms with E-state index < -0.39 is 0 Å². The molecule has 3 rings (SSSR count). The van der Waals surface area contributed by atoms with Crippen LogP contribution in [0.1, 0.15) is 41.7 Å². The lowest BCUT2D eigenvalue weighted by Crippen LogP contribution is -2.24. The first-order valence-electron chi connectivity index (χ1n) is 7.29. The maximum atomic E-state index is 4.70. The van der Waals surface area contributed by atoms with Gasteiger partial charge in [-0.25, -0.2) is 4.98 Å². The van der Waals surface area contributed by atoms with Crippen molar-refractivity contribution in [1.82, 2.24) is 19.4 Å².